The molecule has 0 fully saturated rings. The lowest BCUT2D eigenvalue weighted by atomic mass is 9.84. The van der Waals surface area contributed by atoms with Crippen LogP contribution in [0.5, 0.6) is 5.75 Å². The van der Waals surface area contributed by atoms with Crippen LogP contribution in [0, 0.1) is 23.4 Å². The molecule has 0 spiro atoms. The molecule has 4 heteroatoms. The Morgan fingerprint density at radius 2 is 1.51 bits per heavy atom. The fourth-order valence-electron chi connectivity index (χ4n) is 4.56. The monoisotopic (exact) mass is 474 g/mol. The van der Waals surface area contributed by atoms with Gasteiger partial charge in [-0.2, -0.15) is 4.39 Å². The summed E-state index contributed by atoms with van der Waals surface area (Å²) in [6.07, 6.45) is 10.9. The van der Waals surface area contributed by atoms with E-state index in [9.17, 15) is 8.78 Å². The van der Waals surface area contributed by atoms with Gasteiger partial charge < -0.3 is 4.74 Å². The lowest BCUT2D eigenvalue weighted by Crippen LogP contribution is -2.05. The maximum atomic E-state index is 15.1. The number of benzene rings is 3. The third-order valence-electron chi connectivity index (χ3n) is 6.55. The van der Waals surface area contributed by atoms with Crippen molar-refractivity contribution in [3.8, 4) is 28.0 Å². The quantitative estimate of drug-likeness (QED) is 0.281. The topological polar surface area (TPSA) is 9.23 Å². The zero-order chi connectivity index (χ0) is 24.8. The van der Waals surface area contributed by atoms with Crippen LogP contribution in [0.3, 0.4) is 0 Å². The Bertz CT molecular complexity index is 1240. The van der Waals surface area contributed by atoms with Crippen LogP contribution in [0.25, 0.3) is 27.8 Å². The van der Waals surface area contributed by atoms with Gasteiger partial charge in [0.05, 0.1) is 0 Å². The molecule has 0 amide bonds. The van der Waals surface area contributed by atoms with E-state index in [1.54, 1.807) is 36.4 Å². The van der Waals surface area contributed by atoms with E-state index in [1.165, 1.54) is 23.8 Å². The molecule has 35 heavy (non-hydrogen) atoms. The number of hydrogen-bond donors (Lipinski definition) is 0. The SMILES string of the molecule is C=CCCC1CC=C(c2ccc(-c3ccc(-c4ccc(OCC=C)c(F)c4F)cc3)c(F)c2)CC1. The zero-order valence-electron chi connectivity index (χ0n) is 19.7. The van der Waals surface area contributed by atoms with Crippen molar-refractivity contribution in [2.75, 3.05) is 6.61 Å². The van der Waals surface area contributed by atoms with Gasteiger partial charge in [0, 0.05) is 11.1 Å². The van der Waals surface area contributed by atoms with E-state index >= 15 is 4.39 Å². The molecule has 1 aliphatic carbocycles. The van der Waals surface area contributed by atoms with Crippen LogP contribution in [-0.2, 0) is 0 Å². The van der Waals surface area contributed by atoms with Crippen molar-refractivity contribution in [1.82, 2.24) is 0 Å². The summed E-state index contributed by atoms with van der Waals surface area (Å²) in [5.41, 5.74) is 3.87. The highest BCUT2D eigenvalue weighted by Gasteiger charge is 2.18. The van der Waals surface area contributed by atoms with E-state index in [1.807, 2.05) is 12.1 Å². The van der Waals surface area contributed by atoms with Gasteiger partial charge >= 0.3 is 0 Å². The molecular formula is C31H29F3O. The van der Waals surface area contributed by atoms with Crippen LogP contribution in [0.1, 0.15) is 37.7 Å². The van der Waals surface area contributed by atoms with Gasteiger partial charge in [-0.25, -0.2) is 8.78 Å². The lowest BCUT2D eigenvalue weighted by molar-refractivity contribution is 0.333. The molecule has 0 aromatic heterocycles. The Morgan fingerprint density at radius 3 is 2.14 bits per heavy atom. The number of hydrogen-bond acceptors (Lipinski definition) is 1. The standard InChI is InChI=1S/C31H29F3O/c1-3-5-6-21-7-9-22(10-8-21)25-15-16-26(28(32)20-25)23-11-13-24(14-12-23)27-17-18-29(35-19-4-2)31(34)30(27)33/h3-4,9,11-18,20-21H,1-2,5-8,10,19H2. The Kier molecular flexibility index (Phi) is 7.91. The molecule has 3 aromatic carbocycles. The molecule has 1 unspecified atom stereocenters. The fourth-order valence-corrected chi connectivity index (χ4v) is 4.56. The van der Waals surface area contributed by atoms with Gasteiger partial charge in [0.25, 0.3) is 0 Å². The molecule has 0 saturated heterocycles. The highest BCUT2D eigenvalue weighted by molar-refractivity contribution is 5.74. The number of rotatable bonds is 9. The predicted octanol–water partition coefficient (Wildman–Crippen LogP) is 9.15. The second kappa shape index (κ2) is 11.3. The van der Waals surface area contributed by atoms with Gasteiger partial charge in [0.15, 0.2) is 11.6 Å². The summed E-state index contributed by atoms with van der Waals surface area (Å²) in [6.45, 7) is 7.38. The van der Waals surface area contributed by atoms with Crippen LogP contribution >= 0.6 is 0 Å². The lowest BCUT2D eigenvalue weighted by Gasteiger charge is -2.22. The van der Waals surface area contributed by atoms with Crippen molar-refractivity contribution >= 4 is 5.57 Å². The molecule has 0 N–H and O–H groups in total. The van der Waals surface area contributed by atoms with Crippen molar-refractivity contribution in [2.45, 2.75) is 32.1 Å². The third kappa shape index (κ3) is 5.59. The van der Waals surface area contributed by atoms with E-state index in [4.69, 9.17) is 4.74 Å². The van der Waals surface area contributed by atoms with E-state index in [0.29, 0.717) is 22.6 Å². The molecule has 0 bridgehead atoms. The van der Waals surface area contributed by atoms with Gasteiger partial charge in [0.1, 0.15) is 12.4 Å². The number of halogens is 3. The molecule has 4 rings (SSSR count). The van der Waals surface area contributed by atoms with Gasteiger partial charge in [0.2, 0.25) is 5.82 Å². The average molecular weight is 475 g/mol. The number of ether oxygens (including phenoxy) is 1. The molecule has 0 saturated carbocycles. The van der Waals surface area contributed by atoms with Crippen molar-refractivity contribution in [3.63, 3.8) is 0 Å². The minimum Gasteiger partial charge on any atom is -0.486 e. The zero-order valence-corrected chi connectivity index (χ0v) is 19.7. The highest BCUT2D eigenvalue weighted by atomic mass is 19.2. The Hall–Kier alpha value is -3.53. The molecule has 1 atom stereocenters. The summed E-state index contributed by atoms with van der Waals surface area (Å²) in [4.78, 5) is 0. The van der Waals surface area contributed by atoms with Crippen molar-refractivity contribution in [3.05, 3.63) is 109 Å². The molecule has 1 aliphatic rings. The normalized spacial score (nSPS) is 15.4. The second-order valence-corrected chi connectivity index (χ2v) is 8.85. The van der Waals surface area contributed by atoms with Crippen molar-refractivity contribution < 1.29 is 17.9 Å². The molecule has 180 valence electrons. The van der Waals surface area contributed by atoms with Crippen LogP contribution in [0.4, 0.5) is 13.2 Å². The maximum Gasteiger partial charge on any atom is 0.201 e. The van der Waals surface area contributed by atoms with Gasteiger partial charge in [-0.05, 0) is 78.5 Å². The molecule has 0 radical (unpaired) electrons. The van der Waals surface area contributed by atoms with Gasteiger partial charge in [-0.1, -0.05) is 61.2 Å². The van der Waals surface area contributed by atoms with Gasteiger partial charge in [-0.3, -0.25) is 0 Å². The molecule has 1 nitrogen and oxygen atoms in total. The third-order valence-corrected chi connectivity index (χ3v) is 6.55. The first-order chi connectivity index (χ1) is 17.0. The maximum absolute atomic E-state index is 15.1. The summed E-state index contributed by atoms with van der Waals surface area (Å²) >= 11 is 0. The summed E-state index contributed by atoms with van der Waals surface area (Å²) in [5, 5.41) is 0. The number of allylic oxidation sites excluding steroid dienone is 3. The van der Waals surface area contributed by atoms with Crippen LogP contribution in [-0.4, -0.2) is 6.61 Å². The van der Waals surface area contributed by atoms with Crippen molar-refractivity contribution in [2.24, 2.45) is 5.92 Å². The largest absolute Gasteiger partial charge is 0.486 e. The first kappa shape index (κ1) is 24.6. The average Bonchev–Trinajstić information content (AvgIpc) is 2.89. The summed E-state index contributed by atoms with van der Waals surface area (Å²) in [5.74, 6) is -1.81. The second-order valence-electron chi connectivity index (χ2n) is 8.85. The smallest absolute Gasteiger partial charge is 0.201 e. The molecular weight excluding hydrogens is 445 g/mol. The van der Waals surface area contributed by atoms with Crippen LogP contribution in [0.15, 0.2) is 86.0 Å². The first-order valence-electron chi connectivity index (χ1n) is 11.9. The van der Waals surface area contributed by atoms with Crippen LogP contribution < -0.4 is 4.74 Å². The first-order valence-corrected chi connectivity index (χ1v) is 11.9. The minimum atomic E-state index is -1.04. The van der Waals surface area contributed by atoms with Gasteiger partial charge in [-0.15, -0.1) is 6.58 Å². The highest BCUT2D eigenvalue weighted by Crippen LogP contribution is 2.35. The Balaban J connectivity index is 1.51. The Morgan fingerprint density at radius 1 is 0.829 bits per heavy atom. The summed E-state index contributed by atoms with van der Waals surface area (Å²) in [6, 6.07) is 15.0. The Labute approximate surface area is 205 Å². The molecule has 3 aromatic rings. The fraction of sp³-hybridized carbons (Fsp3) is 0.226. The minimum absolute atomic E-state index is 0.0856. The summed E-state index contributed by atoms with van der Waals surface area (Å²) < 4.78 is 49.2. The van der Waals surface area contributed by atoms with E-state index in [2.05, 4.69) is 19.2 Å². The van der Waals surface area contributed by atoms with Crippen molar-refractivity contribution in [1.29, 1.82) is 0 Å². The van der Waals surface area contributed by atoms with E-state index in [-0.39, 0.29) is 23.7 Å². The molecule has 0 aliphatic heterocycles. The van der Waals surface area contributed by atoms with E-state index in [0.717, 1.165) is 37.7 Å². The van der Waals surface area contributed by atoms with Crippen LogP contribution in [0.2, 0.25) is 0 Å². The predicted molar refractivity (Wildman–Crippen MR) is 138 cm³/mol. The summed E-state index contributed by atoms with van der Waals surface area (Å²) in [7, 11) is 0. The molecule has 0 heterocycles. The van der Waals surface area contributed by atoms with E-state index < -0.39 is 11.6 Å².